The van der Waals surface area contributed by atoms with Gasteiger partial charge in [0, 0.05) is 20.8 Å². The Bertz CT molecular complexity index is 388. The van der Waals surface area contributed by atoms with Gasteiger partial charge in [-0.05, 0) is 35.9 Å². The molecule has 0 aliphatic heterocycles. The Morgan fingerprint density at radius 1 is 1.33 bits per heavy atom. The quantitative estimate of drug-likeness (QED) is 0.753. The number of nitrogens with one attached hydrogen (secondary N) is 1. The Hall–Kier alpha value is -0.470. The highest BCUT2D eigenvalue weighted by Gasteiger charge is 2.17. The standard InChI is InChI=1S/C12H20IN3O2/c1-5-9(18-6-2)11-15-8(7-17-4)10(13)12(14-3)16-11/h9H,5-7H2,1-4H3,(H,14,15,16). The van der Waals surface area contributed by atoms with Gasteiger partial charge in [0.05, 0.1) is 15.9 Å². The van der Waals surface area contributed by atoms with Crippen LogP contribution in [-0.2, 0) is 16.1 Å². The SMILES string of the molecule is CCOC(CC)c1nc(COC)c(I)c(NC)n1. The van der Waals surface area contributed by atoms with Crippen LogP contribution in [0.3, 0.4) is 0 Å². The molecule has 0 saturated carbocycles. The van der Waals surface area contributed by atoms with Gasteiger partial charge in [0.2, 0.25) is 0 Å². The van der Waals surface area contributed by atoms with Crippen molar-refractivity contribution in [3.8, 4) is 0 Å². The normalized spacial score (nSPS) is 12.5. The zero-order valence-corrected chi connectivity index (χ0v) is 13.4. The second-order valence-corrected chi connectivity index (χ2v) is 4.81. The van der Waals surface area contributed by atoms with E-state index in [2.05, 4.69) is 44.8 Å². The lowest BCUT2D eigenvalue weighted by Crippen LogP contribution is -2.13. The highest BCUT2D eigenvalue weighted by atomic mass is 127. The number of hydrogen-bond donors (Lipinski definition) is 1. The first-order valence-electron chi connectivity index (χ1n) is 6.02. The van der Waals surface area contributed by atoms with E-state index < -0.39 is 0 Å². The van der Waals surface area contributed by atoms with Crippen LogP contribution in [0.1, 0.15) is 37.9 Å². The molecular formula is C12H20IN3O2. The first-order chi connectivity index (χ1) is 8.67. The van der Waals surface area contributed by atoms with Crippen molar-refractivity contribution in [2.24, 2.45) is 0 Å². The molecule has 102 valence electrons. The van der Waals surface area contributed by atoms with Crippen LogP contribution >= 0.6 is 22.6 Å². The van der Waals surface area contributed by atoms with E-state index in [1.54, 1.807) is 7.11 Å². The fourth-order valence-electron chi connectivity index (χ4n) is 1.63. The molecule has 1 unspecified atom stereocenters. The largest absolute Gasteiger partial charge is 0.378 e. The number of anilines is 1. The number of nitrogens with zero attached hydrogens (tertiary/aromatic N) is 2. The van der Waals surface area contributed by atoms with Gasteiger partial charge in [0.15, 0.2) is 5.82 Å². The Morgan fingerprint density at radius 3 is 2.56 bits per heavy atom. The molecule has 0 fully saturated rings. The second-order valence-electron chi connectivity index (χ2n) is 3.73. The monoisotopic (exact) mass is 365 g/mol. The Kier molecular flexibility index (Phi) is 6.80. The van der Waals surface area contributed by atoms with E-state index >= 15 is 0 Å². The van der Waals surface area contributed by atoms with Crippen LogP contribution in [-0.4, -0.2) is 30.7 Å². The number of halogens is 1. The van der Waals surface area contributed by atoms with Crippen molar-refractivity contribution in [1.82, 2.24) is 9.97 Å². The fraction of sp³-hybridized carbons (Fsp3) is 0.667. The van der Waals surface area contributed by atoms with Crippen molar-refractivity contribution >= 4 is 28.4 Å². The molecule has 5 nitrogen and oxygen atoms in total. The highest BCUT2D eigenvalue weighted by Crippen LogP contribution is 2.24. The maximum absolute atomic E-state index is 5.65. The third-order valence-corrected chi connectivity index (χ3v) is 3.62. The maximum Gasteiger partial charge on any atom is 0.159 e. The average molecular weight is 365 g/mol. The van der Waals surface area contributed by atoms with Crippen LogP contribution in [0.2, 0.25) is 0 Å². The van der Waals surface area contributed by atoms with Crippen LogP contribution in [0.15, 0.2) is 0 Å². The van der Waals surface area contributed by atoms with Crippen molar-refractivity contribution in [3.05, 3.63) is 15.1 Å². The summed E-state index contributed by atoms with van der Waals surface area (Å²) in [5.74, 6) is 1.54. The van der Waals surface area contributed by atoms with Crippen molar-refractivity contribution < 1.29 is 9.47 Å². The van der Waals surface area contributed by atoms with Crippen LogP contribution in [0.25, 0.3) is 0 Å². The minimum Gasteiger partial charge on any atom is -0.378 e. The minimum absolute atomic E-state index is 0.0605. The Labute approximate surface area is 122 Å². The molecule has 0 amide bonds. The third-order valence-electron chi connectivity index (χ3n) is 2.48. The van der Waals surface area contributed by atoms with Gasteiger partial charge in [-0.1, -0.05) is 6.92 Å². The van der Waals surface area contributed by atoms with E-state index in [0.29, 0.717) is 13.2 Å². The van der Waals surface area contributed by atoms with Crippen LogP contribution in [0.5, 0.6) is 0 Å². The van der Waals surface area contributed by atoms with Gasteiger partial charge >= 0.3 is 0 Å². The number of ether oxygens (including phenoxy) is 2. The summed E-state index contributed by atoms with van der Waals surface area (Å²) in [6.45, 7) is 5.18. The lowest BCUT2D eigenvalue weighted by Gasteiger charge is -2.17. The summed E-state index contributed by atoms with van der Waals surface area (Å²) in [6.07, 6.45) is 0.791. The molecule has 0 bridgehead atoms. The lowest BCUT2D eigenvalue weighted by atomic mass is 10.2. The smallest absolute Gasteiger partial charge is 0.159 e. The van der Waals surface area contributed by atoms with E-state index in [-0.39, 0.29) is 6.10 Å². The zero-order chi connectivity index (χ0) is 13.5. The number of hydrogen-bond acceptors (Lipinski definition) is 5. The maximum atomic E-state index is 5.65. The first kappa shape index (κ1) is 15.6. The molecule has 0 aliphatic carbocycles. The zero-order valence-electron chi connectivity index (χ0n) is 11.3. The molecule has 6 heteroatoms. The van der Waals surface area contributed by atoms with Crippen LogP contribution < -0.4 is 5.32 Å². The number of rotatable bonds is 7. The summed E-state index contributed by atoms with van der Waals surface area (Å²) in [5, 5.41) is 3.09. The average Bonchev–Trinajstić information content (AvgIpc) is 2.38. The highest BCUT2D eigenvalue weighted by molar-refractivity contribution is 14.1. The molecule has 0 saturated heterocycles. The van der Waals surface area contributed by atoms with Gasteiger partial charge < -0.3 is 14.8 Å². The summed E-state index contributed by atoms with van der Waals surface area (Å²) in [6, 6.07) is 0. The number of aromatic nitrogens is 2. The number of methoxy groups -OCH3 is 1. The van der Waals surface area contributed by atoms with E-state index in [4.69, 9.17) is 9.47 Å². The molecule has 1 aromatic rings. The fourth-order valence-corrected chi connectivity index (χ4v) is 2.30. The summed E-state index contributed by atoms with van der Waals surface area (Å²) in [5.41, 5.74) is 0.894. The van der Waals surface area contributed by atoms with Crippen molar-refractivity contribution in [2.75, 3.05) is 26.1 Å². The van der Waals surface area contributed by atoms with E-state index in [9.17, 15) is 0 Å². The van der Waals surface area contributed by atoms with Crippen molar-refractivity contribution in [3.63, 3.8) is 0 Å². The molecule has 1 heterocycles. The predicted octanol–water partition coefficient (Wildman–Crippen LogP) is 2.76. The molecule has 1 atom stereocenters. The van der Waals surface area contributed by atoms with Crippen LogP contribution in [0, 0.1) is 3.57 Å². The molecule has 1 aromatic heterocycles. The third kappa shape index (κ3) is 3.76. The topological polar surface area (TPSA) is 56.3 Å². The van der Waals surface area contributed by atoms with Gasteiger partial charge in [0.1, 0.15) is 11.9 Å². The van der Waals surface area contributed by atoms with Gasteiger partial charge in [-0.15, -0.1) is 0 Å². The summed E-state index contributed by atoms with van der Waals surface area (Å²) in [4.78, 5) is 9.06. The van der Waals surface area contributed by atoms with Gasteiger partial charge in [-0.25, -0.2) is 9.97 Å². The Balaban J connectivity index is 3.14. The van der Waals surface area contributed by atoms with E-state index in [1.165, 1.54) is 0 Å². The molecule has 1 rings (SSSR count). The first-order valence-corrected chi connectivity index (χ1v) is 7.10. The summed E-state index contributed by atoms with van der Waals surface area (Å²) >= 11 is 2.23. The molecule has 0 aromatic carbocycles. The Morgan fingerprint density at radius 2 is 2.06 bits per heavy atom. The van der Waals surface area contributed by atoms with Gasteiger partial charge in [-0.3, -0.25) is 0 Å². The van der Waals surface area contributed by atoms with Crippen molar-refractivity contribution in [1.29, 1.82) is 0 Å². The lowest BCUT2D eigenvalue weighted by molar-refractivity contribution is 0.0530. The summed E-state index contributed by atoms with van der Waals surface area (Å²) < 4.78 is 11.8. The molecule has 0 radical (unpaired) electrons. The minimum atomic E-state index is -0.0605. The molecule has 0 aliphatic rings. The van der Waals surface area contributed by atoms with Gasteiger partial charge in [-0.2, -0.15) is 0 Å². The summed E-state index contributed by atoms with van der Waals surface area (Å²) in [7, 11) is 3.52. The molecule has 18 heavy (non-hydrogen) atoms. The molecule has 0 spiro atoms. The predicted molar refractivity (Wildman–Crippen MR) is 79.7 cm³/mol. The van der Waals surface area contributed by atoms with E-state index in [1.807, 2.05) is 14.0 Å². The van der Waals surface area contributed by atoms with Crippen molar-refractivity contribution in [2.45, 2.75) is 33.0 Å². The van der Waals surface area contributed by atoms with E-state index in [0.717, 1.165) is 27.3 Å². The second kappa shape index (κ2) is 7.85. The molecular weight excluding hydrogens is 345 g/mol. The van der Waals surface area contributed by atoms with Crippen LogP contribution in [0.4, 0.5) is 5.82 Å². The molecule has 1 N–H and O–H groups in total. The van der Waals surface area contributed by atoms with Gasteiger partial charge in [0.25, 0.3) is 0 Å².